The van der Waals surface area contributed by atoms with Gasteiger partial charge >= 0.3 is 23.9 Å². The molecule has 1 aliphatic rings. The third-order valence-corrected chi connectivity index (χ3v) is 6.52. The van der Waals surface area contributed by atoms with Crippen LogP contribution < -0.4 is 0 Å². The van der Waals surface area contributed by atoms with E-state index in [0.29, 0.717) is 0 Å². The second-order valence-corrected chi connectivity index (χ2v) is 9.45. The zero-order chi connectivity index (χ0) is 24.9. The third-order valence-electron chi connectivity index (χ3n) is 4.60. The SMILES string of the molecule is CC(=O)OC[C@H]1O[C@H](S(=O)(=O)c2ccc(C)cc2)[C@@H](OC(C)=O)[C@@H](OC(C)=O)[C@@H]1OC(C)=O. The molecule has 1 aliphatic heterocycles. The van der Waals surface area contributed by atoms with Gasteiger partial charge in [0, 0.05) is 27.7 Å². The van der Waals surface area contributed by atoms with Crippen LogP contribution in [0.15, 0.2) is 29.2 Å². The van der Waals surface area contributed by atoms with E-state index in [9.17, 15) is 27.6 Å². The maximum Gasteiger partial charge on any atom is 0.303 e. The third kappa shape index (κ3) is 6.75. The molecular formula is C21H26O11S. The molecule has 12 heteroatoms. The van der Waals surface area contributed by atoms with Crippen molar-refractivity contribution in [2.45, 2.75) is 69.4 Å². The van der Waals surface area contributed by atoms with Crippen LogP contribution >= 0.6 is 0 Å². The zero-order valence-electron chi connectivity index (χ0n) is 18.8. The van der Waals surface area contributed by atoms with Gasteiger partial charge in [0.25, 0.3) is 0 Å². The van der Waals surface area contributed by atoms with Crippen LogP contribution in [0.3, 0.4) is 0 Å². The Kier molecular flexibility index (Phi) is 8.56. The van der Waals surface area contributed by atoms with Gasteiger partial charge in [0.05, 0.1) is 4.90 Å². The molecule has 0 aromatic heterocycles. The highest BCUT2D eigenvalue weighted by atomic mass is 32.2. The first-order valence-electron chi connectivity index (χ1n) is 9.94. The van der Waals surface area contributed by atoms with Gasteiger partial charge in [-0.1, -0.05) is 17.7 Å². The van der Waals surface area contributed by atoms with E-state index in [4.69, 9.17) is 23.7 Å². The standard InChI is InChI=1S/C21H26O11S/c1-11-6-8-16(9-7-11)33(26,27)21-20(31-15(5)25)19(30-14(4)24)18(29-13(3)23)17(32-21)10-28-12(2)22/h6-9,17-21H,10H2,1-5H3/t17-,18-,19+,20+,21-/m1/s1. The fraction of sp³-hybridized carbons (Fsp3) is 0.524. The first-order valence-corrected chi connectivity index (χ1v) is 11.5. The number of aryl methyl sites for hydroxylation is 1. The molecule has 0 saturated carbocycles. The normalized spacial score (nSPS) is 24.9. The summed E-state index contributed by atoms with van der Waals surface area (Å²) in [5, 5.41) is 0. The second-order valence-electron chi connectivity index (χ2n) is 7.43. The van der Waals surface area contributed by atoms with Crippen molar-refractivity contribution in [3.63, 3.8) is 0 Å². The molecule has 2 rings (SSSR count). The molecule has 0 bridgehead atoms. The summed E-state index contributed by atoms with van der Waals surface area (Å²) in [6.45, 7) is 5.53. The van der Waals surface area contributed by atoms with Crippen LogP contribution in [0.1, 0.15) is 33.3 Å². The molecule has 182 valence electrons. The molecule has 5 atom stereocenters. The highest BCUT2D eigenvalue weighted by Gasteiger charge is 2.56. The van der Waals surface area contributed by atoms with E-state index in [1.54, 1.807) is 19.1 Å². The monoisotopic (exact) mass is 486 g/mol. The second kappa shape index (κ2) is 10.8. The molecule has 1 aromatic carbocycles. The van der Waals surface area contributed by atoms with Gasteiger partial charge < -0.3 is 23.7 Å². The minimum absolute atomic E-state index is 0.144. The maximum absolute atomic E-state index is 13.5. The number of rotatable bonds is 7. The van der Waals surface area contributed by atoms with E-state index in [1.165, 1.54) is 12.1 Å². The smallest absolute Gasteiger partial charge is 0.303 e. The molecule has 0 unspecified atom stereocenters. The number of hydrogen-bond acceptors (Lipinski definition) is 11. The molecule has 11 nitrogen and oxygen atoms in total. The van der Waals surface area contributed by atoms with Crippen LogP contribution in [0.2, 0.25) is 0 Å². The quantitative estimate of drug-likeness (QED) is 0.399. The van der Waals surface area contributed by atoms with Crippen LogP contribution in [0.4, 0.5) is 0 Å². The van der Waals surface area contributed by atoms with E-state index in [-0.39, 0.29) is 4.90 Å². The lowest BCUT2D eigenvalue weighted by molar-refractivity contribution is -0.238. The van der Waals surface area contributed by atoms with Gasteiger partial charge in [-0.05, 0) is 19.1 Å². The molecule has 0 radical (unpaired) electrons. The van der Waals surface area contributed by atoms with Crippen LogP contribution in [0, 0.1) is 6.92 Å². The van der Waals surface area contributed by atoms with E-state index < -0.39 is 70.2 Å². The highest BCUT2D eigenvalue weighted by Crippen LogP contribution is 2.34. The van der Waals surface area contributed by atoms with Gasteiger partial charge in [-0.25, -0.2) is 8.42 Å². The Morgan fingerprint density at radius 2 is 1.27 bits per heavy atom. The van der Waals surface area contributed by atoms with Crippen LogP contribution in [-0.4, -0.2) is 68.8 Å². The molecule has 0 amide bonds. The van der Waals surface area contributed by atoms with E-state index in [1.807, 2.05) is 0 Å². The van der Waals surface area contributed by atoms with Crippen molar-refractivity contribution in [2.24, 2.45) is 0 Å². The van der Waals surface area contributed by atoms with Crippen molar-refractivity contribution in [3.8, 4) is 0 Å². The van der Waals surface area contributed by atoms with E-state index in [0.717, 1.165) is 33.3 Å². The number of benzene rings is 1. The number of esters is 4. The van der Waals surface area contributed by atoms with E-state index in [2.05, 4.69) is 0 Å². The van der Waals surface area contributed by atoms with Crippen molar-refractivity contribution in [2.75, 3.05) is 6.61 Å². The largest absolute Gasteiger partial charge is 0.463 e. The minimum atomic E-state index is -4.34. The predicted molar refractivity (Wildman–Crippen MR) is 110 cm³/mol. The number of carbonyl (C=O) groups is 4. The molecule has 1 aromatic rings. The minimum Gasteiger partial charge on any atom is -0.463 e. The lowest BCUT2D eigenvalue weighted by Gasteiger charge is -2.43. The van der Waals surface area contributed by atoms with Gasteiger partial charge in [0.1, 0.15) is 12.7 Å². The number of sulfone groups is 1. The topological polar surface area (TPSA) is 149 Å². The Labute approximate surface area is 191 Å². The lowest BCUT2D eigenvalue weighted by Crippen LogP contribution is -2.64. The van der Waals surface area contributed by atoms with E-state index >= 15 is 0 Å². The molecule has 0 spiro atoms. The van der Waals surface area contributed by atoms with Crippen LogP contribution in [0.5, 0.6) is 0 Å². The zero-order valence-corrected chi connectivity index (χ0v) is 19.6. The van der Waals surface area contributed by atoms with Gasteiger partial charge in [0.15, 0.2) is 18.3 Å². The molecule has 0 aliphatic carbocycles. The molecule has 1 saturated heterocycles. The number of ether oxygens (including phenoxy) is 5. The molecular weight excluding hydrogens is 460 g/mol. The van der Waals surface area contributed by atoms with Gasteiger partial charge in [-0.15, -0.1) is 0 Å². The van der Waals surface area contributed by atoms with Crippen molar-refractivity contribution < 1.29 is 51.3 Å². The molecule has 0 N–H and O–H groups in total. The Morgan fingerprint density at radius 1 is 0.788 bits per heavy atom. The lowest BCUT2D eigenvalue weighted by atomic mass is 9.99. The Hall–Kier alpha value is -2.99. The fourth-order valence-electron chi connectivity index (χ4n) is 3.30. The molecule has 33 heavy (non-hydrogen) atoms. The summed E-state index contributed by atoms with van der Waals surface area (Å²) in [5.74, 6) is -3.25. The van der Waals surface area contributed by atoms with Crippen molar-refractivity contribution >= 4 is 33.7 Å². The average Bonchev–Trinajstić information content (AvgIpc) is 2.68. The van der Waals surface area contributed by atoms with Gasteiger partial charge in [-0.3, -0.25) is 19.2 Å². The van der Waals surface area contributed by atoms with Crippen LogP contribution in [-0.2, 0) is 52.7 Å². The predicted octanol–water partition coefficient (Wildman–Crippen LogP) is 0.852. The summed E-state index contributed by atoms with van der Waals surface area (Å²) < 4.78 is 53.3. The van der Waals surface area contributed by atoms with Crippen LogP contribution in [0.25, 0.3) is 0 Å². The summed E-state index contributed by atoms with van der Waals surface area (Å²) in [4.78, 5) is 46.6. The van der Waals surface area contributed by atoms with Crippen molar-refractivity contribution in [3.05, 3.63) is 29.8 Å². The van der Waals surface area contributed by atoms with Gasteiger partial charge in [0.2, 0.25) is 15.3 Å². The Morgan fingerprint density at radius 3 is 1.76 bits per heavy atom. The summed E-state index contributed by atoms with van der Waals surface area (Å²) in [6, 6.07) is 5.83. The van der Waals surface area contributed by atoms with Crippen molar-refractivity contribution in [1.82, 2.24) is 0 Å². The summed E-state index contributed by atoms with van der Waals surface area (Å²) in [6.07, 6.45) is -6.02. The summed E-state index contributed by atoms with van der Waals surface area (Å²) in [7, 11) is -4.34. The number of carbonyl (C=O) groups excluding carboxylic acids is 4. The maximum atomic E-state index is 13.5. The first-order chi connectivity index (χ1) is 15.3. The summed E-state index contributed by atoms with van der Waals surface area (Å²) in [5.41, 5.74) is -1.06. The summed E-state index contributed by atoms with van der Waals surface area (Å²) >= 11 is 0. The number of hydrogen-bond donors (Lipinski definition) is 0. The Bertz CT molecular complexity index is 1000. The highest BCUT2D eigenvalue weighted by molar-refractivity contribution is 7.92. The fourth-order valence-corrected chi connectivity index (χ4v) is 4.94. The molecule has 1 fully saturated rings. The van der Waals surface area contributed by atoms with Crippen molar-refractivity contribution in [1.29, 1.82) is 0 Å². The molecule has 1 heterocycles. The Balaban J connectivity index is 2.62. The average molecular weight is 486 g/mol. The van der Waals surface area contributed by atoms with Gasteiger partial charge in [-0.2, -0.15) is 0 Å². The first kappa shape index (κ1) is 26.3.